The van der Waals surface area contributed by atoms with Crippen LogP contribution in [0.15, 0.2) is 48.5 Å². The first-order valence-electron chi connectivity index (χ1n) is 8.19. The summed E-state index contributed by atoms with van der Waals surface area (Å²) in [5.41, 5.74) is 1.51. The van der Waals surface area contributed by atoms with Crippen LogP contribution in [0.2, 0.25) is 0 Å². The van der Waals surface area contributed by atoms with Crippen molar-refractivity contribution in [2.45, 2.75) is 13.8 Å². The van der Waals surface area contributed by atoms with Gasteiger partial charge in [-0.15, -0.1) is 0 Å². The Balaban J connectivity index is 2.19. The summed E-state index contributed by atoms with van der Waals surface area (Å²) in [5, 5.41) is 2.67. The minimum Gasteiger partial charge on any atom is -0.465 e. The molecule has 2 aromatic rings. The number of para-hydroxylation sites is 1. The number of ketones is 1. The Morgan fingerprint density at radius 1 is 0.963 bits per heavy atom. The summed E-state index contributed by atoms with van der Waals surface area (Å²) >= 11 is 0. The van der Waals surface area contributed by atoms with Gasteiger partial charge < -0.3 is 15.0 Å². The average Bonchev–Trinajstić information content (AvgIpc) is 2.65. The van der Waals surface area contributed by atoms with Crippen LogP contribution in [0.5, 0.6) is 0 Å². The van der Waals surface area contributed by atoms with E-state index >= 15 is 0 Å². The number of methoxy groups -OCH3 is 1. The summed E-state index contributed by atoms with van der Waals surface area (Å²) in [7, 11) is 1.24. The lowest BCUT2D eigenvalue weighted by Gasteiger charge is -2.22. The van der Waals surface area contributed by atoms with Gasteiger partial charge in [0.15, 0.2) is 5.78 Å². The molecular formula is C20H20N2O5. The summed E-state index contributed by atoms with van der Waals surface area (Å²) < 4.78 is 4.73. The second-order valence-corrected chi connectivity index (χ2v) is 5.80. The molecule has 0 unspecified atom stereocenters. The topological polar surface area (TPSA) is 92.8 Å². The molecule has 1 N–H and O–H groups in total. The predicted molar refractivity (Wildman–Crippen MR) is 101 cm³/mol. The van der Waals surface area contributed by atoms with Crippen LogP contribution < -0.4 is 10.2 Å². The predicted octanol–water partition coefficient (Wildman–Crippen LogP) is 2.67. The van der Waals surface area contributed by atoms with Crippen molar-refractivity contribution in [2.24, 2.45) is 0 Å². The van der Waals surface area contributed by atoms with Crippen molar-refractivity contribution in [1.82, 2.24) is 0 Å². The third-order valence-electron chi connectivity index (χ3n) is 3.86. The Bertz CT molecular complexity index is 874. The van der Waals surface area contributed by atoms with Crippen LogP contribution >= 0.6 is 0 Å². The molecule has 0 saturated carbocycles. The van der Waals surface area contributed by atoms with Gasteiger partial charge in [0.25, 0.3) is 0 Å². The number of benzene rings is 2. The highest BCUT2D eigenvalue weighted by molar-refractivity contribution is 6.06. The molecule has 0 bridgehead atoms. The van der Waals surface area contributed by atoms with E-state index in [9.17, 15) is 19.2 Å². The Morgan fingerprint density at radius 3 is 2.15 bits per heavy atom. The highest BCUT2D eigenvalue weighted by Gasteiger charge is 2.22. The third-order valence-corrected chi connectivity index (χ3v) is 3.86. The van der Waals surface area contributed by atoms with Crippen molar-refractivity contribution >= 4 is 34.9 Å². The molecule has 7 heteroatoms. The Hall–Kier alpha value is -3.48. The molecule has 2 aromatic carbocycles. The quantitative estimate of drug-likeness (QED) is 0.625. The number of ether oxygens (including phenoxy) is 1. The molecular weight excluding hydrogens is 348 g/mol. The molecule has 27 heavy (non-hydrogen) atoms. The van der Waals surface area contributed by atoms with Gasteiger partial charge in [-0.05, 0) is 43.3 Å². The van der Waals surface area contributed by atoms with Gasteiger partial charge in [0.05, 0.1) is 18.4 Å². The third kappa shape index (κ3) is 5.01. The molecule has 0 aliphatic rings. The number of nitrogens with zero attached hydrogens (tertiary/aromatic N) is 1. The molecule has 0 aliphatic carbocycles. The zero-order valence-corrected chi connectivity index (χ0v) is 15.3. The van der Waals surface area contributed by atoms with Crippen LogP contribution in [0.4, 0.5) is 11.4 Å². The SMILES string of the molecule is COC(=O)c1ccccc1N(CC(=O)Nc1ccc(C(C)=O)cc1)C(C)=O. The van der Waals surface area contributed by atoms with E-state index in [0.29, 0.717) is 16.9 Å². The minimum atomic E-state index is -0.600. The largest absolute Gasteiger partial charge is 0.465 e. The number of amides is 2. The summed E-state index contributed by atoms with van der Waals surface area (Å²) in [6.45, 7) is 2.48. The molecule has 0 heterocycles. The number of carbonyl (C=O) groups is 4. The van der Waals surface area contributed by atoms with E-state index in [-0.39, 0.29) is 17.9 Å². The lowest BCUT2D eigenvalue weighted by molar-refractivity contribution is -0.120. The van der Waals surface area contributed by atoms with E-state index in [1.807, 2.05) is 0 Å². The van der Waals surface area contributed by atoms with Crippen LogP contribution in [-0.2, 0) is 14.3 Å². The fraction of sp³-hybridized carbons (Fsp3) is 0.200. The fourth-order valence-corrected chi connectivity index (χ4v) is 2.49. The van der Waals surface area contributed by atoms with E-state index < -0.39 is 17.8 Å². The fourth-order valence-electron chi connectivity index (χ4n) is 2.49. The van der Waals surface area contributed by atoms with Gasteiger partial charge in [-0.1, -0.05) is 12.1 Å². The maximum atomic E-state index is 12.4. The van der Waals surface area contributed by atoms with Crippen LogP contribution in [0, 0.1) is 0 Å². The van der Waals surface area contributed by atoms with Gasteiger partial charge in [0.1, 0.15) is 6.54 Å². The minimum absolute atomic E-state index is 0.0740. The van der Waals surface area contributed by atoms with Gasteiger partial charge in [0.2, 0.25) is 11.8 Å². The van der Waals surface area contributed by atoms with Crippen molar-refractivity contribution in [1.29, 1.82) is 0 Å². The number of rotatable bonds is 6. The van der Waals surface area contributed by atoms with Gasteiger partial charge in [-0.2, -0.15) is 0 Å². The first-order valence-corrected chi connectivity index (χ1v) is 8.19. The van der Waals surface area contributed by atoms with E-state index in [2.05, 4.69) is 5.32 Å². The van der Waals surface area contributed by atoms with E-state index in [4.69, 9.17) is 4.74 Å². The number of Topliss-reactive ketones (excluding diaryl/α,β-unsaturated/α-hetero) is 1. The Labute approximate surface area is 156 Å². The van der Waals surface area contributed by atoms with Gasteiger partial charge in [-0.3, -0.25) is 14.4 Å². The zero-order valence-electron chi connectivity index (χ0n) is 15.3. The number of carbonyl (C=O) groups excluding carboxylic acids is 4. The molecule has 7 nitrogen and oxygen atoms in total. The summed E-state index contributed by atoms with van der Waals surface area (Å²) in [6.07, 6.45) is 0. The van der Waals surface area contributed by atoms with Crippen LogP contribution in [-0.4, -0.2) is 37.2 Å². The Kier molecular flexibility index (Phi) is 6.43. The first-order chi connectivity index (χ1) is 12.8. The summed E-state index contributed by atoms with van der Waals surface area (Å²) in [6, 6.07) is 12.8. The maximum absolute atomic E-state index is 12.4. The zero-order chi connectivity index (χ0) is 20.0. The molecule has 0 fully saturated rings. The van der Waals surface area contributed by atoms with E-state index in [1.54, 1.807) is 42.5 Å². The van der Waals surface area contributed by atoms with Crippen molar-refractivity contribution in [3.63, 3.8) is 0 Å². The second-order valence-electron chi connectivity index (χ2n) is 5.80. The molecule has 2 amide bonds. The van der Waals surface area contributed by atoms with Gasteiger partial charge in [0, 0.05) is 18.2 Å². The first kappa shape index (κ1) is 19.8. The maximum Gasteiger partial charge on any atom is 0.339 e. The van der Waals surface area contributed by atoms with E-state index in [1.165, 1.54) is 31.9 Å². The number of nitrogens with one attached hydrogen (secondary N) is 1. The van der Waals surface area contributed by atoms with Gasteiger partial charge in [-0.25, -0.2) is 4.79 Å². The molecule has 0 spiro atoms. The highest BCUT2D eigenvalue weighted by Crippen LogP contribution is 2.21. The van der Waals surface area contributed by atoms with Crippen molar-refractivity contribution in [3.8, 4) is 0 Å². The monoisotopic (exact) mass is 368 g/mol. The van der Waals surface area contributed by atoms with Crippen molar-refractivity contribution < 1.29 is 23.9 Å². The summed E-state index contributed by atoms with van der Waals surface area (Å²) in [4.78, 5) is 48.9. The molecule has 0 radical (unpaired) electrons. The average molecular weight is 368 g/mol. The van der Waals surface area contributed by atoms with Crippen molar-refractivity contribution in [3.05, 3.63) is 59.7 Å². The molecule has 0 aromatic heterocycles. The molecule has 140 valence electrons. The molecule has 0 saturated heterocycles. The lowest BCUT2D eigenvalue weighted by Crippen LogP contribution is -2.37. The second kappa shape index (κ2) is 8.75. The standard InChI is InChI=1S/C20H20N2O5/c1-13(23)15-8-10-16(11-9-15)21-19(25)12-22(14(2)24)18-7-5-4-6-17(18)20(26)27-3/h4-11H,12H2,1-3H3,(H,21,25). The van der Waals surface area contributed by atoms with Gasteiger partial charge >= 0.3 is 5.97 Å². The highest BCUT2D eigenvalue weighted by atomic mass is 16.5. The molecule has 0 atom stereocenters. The smallest absolute Gasteiger partial charge is 0.339 e. The normalized spacial score (nSPS) is 10.0. The van der Waals surface area contributed by atoms with Crippen LogP contribution in [0.1, 0.15) is 34.6 Å². The lowest BCUT2D eigenvalue weighted by atomic mass is 10.1. The van der Waals surface area contributed by atoms with E-state index in [0.717, 1.165) is 0 Å². The number of hydrogen-bond donors (Lipinski definition) is 1. The summed E-state index contributed by atoms with van der Waals surface area (Å²) in [5.74, 6) is -1.51. The van der Waals surface area contributed by atoms with Crippen LogP contribution in [0.25, 0.3) is 0 Å². The Morgan fingerprint density at radius 2 is 1.59 bits per heavy atom. The van der Waals surface area contributed by atoms with Crippen molar-refractivity contribution in [2.75, 3.05) is 23.9 Å². The van der Waals surface area contributed by atoms with Crippen LogP contribution in [0.3, 0.4) is 0 Å². The number of esters is 1. The molecule has 2 rings (SSSR count). The number of hydrogen-bond acceptors (Lipinski definition) is 5. The molecule has 0 aliphatic heterocycles. The number of anilines is 2.